The fraction of sp³-hybridized carbons (Fsp3) is 0.625. The van der Waals surface area contributed by atoms with Gasteiger partial charge in [-0.1, -0.05) is 167 Å². The molecule has 0 saturated carbocycles. The molecule has 0 aromatic heterocycles. The van der Waals surface area contributed by atoms with Gasteiger partial charge in [-0.2, -0.15) is 0 Å². The maximum atomic E-state index is 5.94. The molecule has 0 N–H and O–H groups in total. The van der Waals surface area contributed by atoms with E-state index in [-0.39, 0.29) is 16.2 Å². The van der Waals surface area contributed by atoms with Gasteiger partial charge in [0, 0.05) is 0 Å². The van der Waals surface area contributed by atoms with Crippen LogP contribution < -0.4 is 14.2 Å². The topological polar surface area (TPSA) is 27.7 Å². The second kappa shape index (κ2) is 19.2. The zero-order valence-electron chi connectivity index (χ0n) is 36.4. The van der Waals surface area contributed by atoms with Crippen LogP contribution in [0, 0.1) is 16.2 Å². The van der Waals surface area contributed by atoms with Gasteiger partial charge in [0.2, 0.25) is 0 Å². The Kier molecular flexibility index (Phi) is 17.4. The van der Waals surface area contributed by atoms with Crippen LogP contribution in [0.5, 0.6) is 17.2 Å². The maximum Gasteiger partial charge on any atom is 0.123 e. The Bertz CT molecular complexity index is 1390. The third kappa shape index (κ3) is 21.2. The van der Waals surface area contributed by atoms with Crippen molar-refractivity contribution in [1.82, 2.24) is 0 Å². The largest absolute Gasteiger partial charge is 0.494 e. The first-order valence-electron chi connectivity index (χ1n) is 19.3. The van der Waals surface area contributed by atoms with Gasteiger partial charge in [0.15, 0.2) is 0 Å². The first kappa shape index (κ1) is 46.1. The Morgan fingerprint density at radius 1 is 0.373 bits per heavy atom. The molecule has 3 heteroatoms. The van der Waals surface area contributed by atoms with Crippen molar-refractivity contribution in [1.29, 1.82) is 0 Å². The van der Waals surface area contributed by atoms with Crippen LogP contribution in [-0.2, 0) is 16.2 Å². The molecule has 3 rings (SSSR count). The quantitative estimate of drug-likeness (QED) is 0.222. The highest BCUT2D eigenvalue weighted by atomic mass is 16.5. The molecule has 3 aromatic rings. The second-order valence-corrected chi connectivity index (χ2v) is 20.8. The number of para-hydroxylation sites is 1. The Balaban J connectivity index is 0.000000382. The van der Waals surface area contributed by atoms with Crippen LogP contribution in [0.25, 0.3) is 0 Å². The van der Waals surface area contributed by atoms with E-state index in [1.165, 1.54) is 16.7 Å². The van der Waals surface area contributed by atoms with Gasteiger partial charge in [-0.05, 0) is 98.8 Å². The van der Waals surface area contributed by atoms with Gasteiger partial charge in [0.05, 0.1) is 19.8 Å². The number of hydrogen-bond donors (Lipinski definition) is 0. The molecule has 0 saturated heterocycles. The Morgan fingerprint density at radius 3 is 1.24 bits per heavy atom. The molecule has 0 atom stereocenters. The van der Waals surface area contributed by atoms with E-state index in [0.29, 0.717) is 16.2 Å². The molecule has 51 heavy (non-hydrogen) atoms. The van der Waals surface area contributed by atoms with E-state index in [0.717, 1.165) is 56.3 Å². The van der Waals surface area contributed by atoms with Crippen molar-refractivity contribution >= 4 is 0 Å². The molecule has 288 valence electrons. The van der Waals surface area contributed by atoms with E-state index in [1.54, 1.807) is 0 Å². The third-order valence-corrected chi connectivity index (χ3v) is 8.47. The second-order valence-electron chi connectivity index (χ2n) is 20.8. The predicted octanol–water partition coefficient (Wildman–Crippen LogP) is 14.4. The van der Waals surface area contributed by atoms with Gasteiger partial charge in [-0.15, -0.1) is 0 Å². The molecule has 0 heterocycles. The zero-order chi connectivity index (χ0) is 39.3. The summed E-state index contributed by atoms with van der Waals surface area (Å²) in [5, 5.41) is 0. The fourth-order valence-corrected chi connectivity index (χ4v) is 4.73. The van der Waals surface area contributed by atoms with Gasteiger partial charge in [0.1, 0.15) is 17.2 Å². The van der Waals surface area contributed by atoms with Crippen LogP contribution >= 0.6 is 0 Å². The van der Waals surface area contributed by atoms with Crippen LogP contribution in [-0.4, -0.2) is 19.8 Å². The van der Waals surface area contributed by atoms with E-state index >= 15 is 0 Å². The lowest BCUT2D eigenvalue weighted by Gasteiger charge is -2.24. The smallest absolute Gasteiger partial charge is 0.123 e. The van der Waals surface area contributed by atoms with Crippen molar-refractivity contribution in [2.75, 3.05) is 19.8 Å². The molecular formula is C48H78O3. The predicted molar refractivity (Wildman–Crippen MR) is 224 cm³/mol. The van der Waals surface area contributed by atoms with E-state index in [1.807, 2.05) is 12.1 Å². The summed E-state index contributed by atoms with van der Waals surface area (Å²) in [5.74, 6) is 2.99. The van der Waals surface area contributed by atoms with Crippen LogP contribution in [0.3, 0.4) is 0 Å². The van der Waals surface area contributed by atoms with Gasteiger partial charge < -0.3 is 14.2 Å². The van der Waals surface area contributed by atoms with Crippen molar-refractivity contribution in [2.24, 2.45) is 16.2 Å². The third-order valence-electron chi connectivity index (χ3n) is 8.47. The normalized spacial score (nSPS) is 12.6. The molecule has 3 aromatic carbocycles. The van der Waals surface area contributed by atoms with Crippen molar-refractivity contribution in [3.63, 3.8) is 0 Å². The molecule has 3 nitrogen and oxygen atoms in total. The molecule has 0 aliphatic heterocycles. The van der Waals surface area contributed by atoms with E-state index in [2.05, 4.69) is 185 Å². The summed E-state index contributed by atoms with van der Waals surface area (Å²) in [6, 6.07) is 25.3. The van der Waals surface area contributed by atoms with E-state index in [4.69, 9.17) is 14.2 Å². The minimum atomic E-state index is 0.137. The maximum absolute atomic E-state index is 5.94. The highest BCUT2D eigenvalue weighted by Crippen LogP contribution is 2.32. The minimum Gasteiger partial charge on any atom is -0.494 e. The van der Waals surface area contributed by atoms with Crippen LogP contribution in [0.15, 0.2) is 72.8 Å². The highest BCUT2D eigenvalue weighted by molar-refractivity contribution is 5.38. The number of rotatable bonds is 9. The molecular weight excluding hydrogens is 625 g/mol. The SMILES string of the molecule is CC(C)(C)CCOc1ccc(C(C)(C)C)cc1.CC(C)(C)CCOc1cccc(C(C)(C)C)c1.CC(C)(C)CCOc1ccccc1C(C)(C)C. The van der Waals surface area contributed by atoms with Crippen molar-refractivity contribution in [2.45, 2.75) is 160 Å². The van der Waals surface area contributed by atoms with Crippen molar-refractivity contribution in [3.05, 3.63) is 89.5 Å². The lowest BCUT2D eigenvalue weighted by atomic mass is 9.86. The number of ether oxygens (including phenoxy) is 3. The van der Waals surface area contributed by atoms with Crippen molar-refractivity contribution in [3.8, 4) is 17.2 Å². The monoisotopic (exact) mass is 703 g/mol. The first-order valence-corrected chi connectivity index (χ1v) is 19.3. The standard InChI is InChI=1S/3C16H26O/c1-15(2,3)11-12-17-14-9-7-13(8-10-14)16(4,5)6;1-15(2,3)10-11-17-14-9-7-8-13(12-14)16(4,5)6;1-15(2,3)11-12-17-14-10-8-7-9-13(14)16(4,5)6/h7-10H,11-12H2,1-6H3;7-9,12H,10-11H2,1-6H3;7-10H,11-12H2,1-6H3. The van der Waals surface area contributed by atoms with Crippen LogP contribution in [0.4, 0.5) is 0 Å². The van der Waals surface area contributed by atoms with Crippen LogP contribution in [0.1, 0.15) is 161 Å². The zero-order valence-corrected chi connectivity index (χ0v) is 36.4. The molecule has 0 radical (unpaired) electrons. The summed E-state index contributed by atoms with van der Waals surface area (Å²) in [5.41, 5.74) is 5.50. The summed E-state index contributed by atoms with van der Waals surface area (Å²) in [6.45, 7) is 42.5. The number of hydrogen-bond acceptors (Lipinski definition) is 3. The van der Waals surface area contributed by atoms with E-state index in [9.17, 15) is 0 Å². The summed E-state index contributed by atoms with van der Waals surface area (Å²) in [4.78, 5) is 0. The lowest BCUT2D eigenvalue weighted by Crippen LogP contribution is -2.15. The molecule has 0 amide bonds. The molecule has 0 spiro atoms. The Labute approximate surface area is 316 Å². The fourth-order valence-electron chi connectivity index (χ4n) is 4.73. The summed E-state index contributed by atoms with van der Waals surface area (Å²) in [7, 11) is 0. The van der Waals surface area contributed by atoms with Gasteiger partial charge in [-0.25, -0.2) is 0 Å². The highest BCUT2D eigenvalue weighted by Gasteiger charge is 2.19. The van der Waals surface area contributed by atoms with Gasteiger partial charge in [0.25, 0.3) is 0 Å². The van der Waals surface area contributed by atoms with Gasteiger partial charge >= 0.3 is 0 Å². The number of benzene rings is 3. The molecule has 0 bridgehead atoms. The minimum absolute atomic E-state index is 0.137. The Hall–Kier alpha value is -2.94. The lowest BCUT2D eigenvalue weighted by molar-refractivity contribution is 0.239. The molecule has 0 aliphatic rings. The van der Waals surface area contributed by atoms with E-state index < -0.39 is 0 Å². The first-order chi connectivity index (χ1) is 23.1. The molecule has 0 fully saturated rings. The molecule has 0 unspecified atom stereocenters. The molecule has 0 aliphatic carbocycles. The summed E-state index contributed by atoms with van der Waals surface area (Å²) in [6.07, 6.45) is 3.23. The summed E-state index contributed by atoms with van der Waals surface area (Å²) < 4.78 is 17.5. The van der Waals surface area contributed by atoms with Gasteiger partial charge in [-0.3, -0.25) is 0 Å². The summed E-state index contributed by atoms with van der Waals surface area (Å²) >= 11 is 0. The van der Waals surface area contributed by atoms with Crippen LogP contribution in [0.2, 0.25) is 0 Å². The average molecular weight is 703 g/mol. The Morgan fingerprint density at radius 2 is 0.804 bits per heavy atom. The average Bonchev–Trinajstić information content (AvgIpc) is 2.95. The van der Waals surface area contributed by atoms with Crippen molar-refractivity contribution < 1.29 is 14.2 Å².